The van der Waals surface area contributed by atoms with Crippen molar-refractivity contribution in [1.29, 1.82) is 0 Å². The molecule has 35 heavy (non-hydrogen) atoms. The van der Waals surface area contributed by atoms with Crippen LogP contribution in [0.15, 0.2) is 50.7 Å². The number of amides is 1. The molecule has 12 nitrogen and oxygen atoms in total. The van der Waals surface area contributed by atoms with Crippen molar-refractivity contribution >= 4 is 55.4 Å². The molecule has 0 spiro atoms. The van der Waals surface area contributed by atoms with E-state index >= 15 is 0 Å². The molecular weight excluding hydrogens is 553 g/mol. The largest absolute Gasteiger partial charge is 0.470 e. The smallest absolute Gasteiger partial charge is 0.422 e. The normalized spacial score (nSPS) is 13.7. The average molecular weight is 574 g/mol. The van der Waals surface area contributed by atoms with Crippen molar-refractivity contribution in [3.05, 3.63) is 52.5 Å². The van der Waals surface area contributed by atoms with Gasteiger partial charge < -0.3 is 19.3 Å². The summed E-state index contributed by atoms with van der Waals surface area (Å²) in [6.45, 7) is 4.71. The number of nitrogens with zero attached hydrogens (tertiary/aromatic N) is 2. The zero-order chi connectivity index (χ0) is 25.8. The Morgan fingerprint density at radius 1 is 1.29 bits per heavy atom. The number of oxime groups is 1. The van der Waals surface area contributed by atoms with Gasteiger partial charge in [-0.3, -0.25) is 0 Å². The first-order valence-electron chi connectivity index (χ1n) is 9.97. The molecule has 15 heteroatoms. The molecule has 3 N–H and O–H groups in total. The quantitative estimate of drug-likeness (QED) is 0.319. The lowest BCUT2D eigenvalue weighted by Crippen LogP contribution is -2.44. The minimum Gasteiger partial charge on any atom is -0.470 e. The second-order valence-corrected chi connectivity index (χ2v) is 10.3. The molecule has 0 saturated heterocycles. The van der Waals surface area contributed by atoms with Gasteiger partial charge in [0, 0.05) is 13.1 Å². The highest BCUT2D eigenvalue weighted by Gasteiger charge is 2.34. The Morgan fingerprint density at radius 3 is 2.71 bits per heavy atom. The van der Waals surface area contributed by atoms with Crippen LogP contribution in [0.5, 0.6) is 0 Å². The Morgan fingerprint density at radius 2 is 2.03 bits per heavy atom. The van der Waals surface area contributed by atoms with Crippen LogP contribution in [0.25, 0.3) is 0 Å². The van der Waals surface area contributed by atoms with E-state index in [1.54, 1.807) is 37.5 Å². The Balaban J connectivity index is 1.67. The summed E-state index contributed by atoms with van der Waals surface area (Å²) in [5.74, 6) is 0.554. The molecule has 1 amide bonds. The van der Waals surface area contributed by atoms with Crippen LogP contribution in [-0.4, -0.2) is 45.0 Å². The standard InChI is InChI=1S/C20H21BrFN5O7S/c1-20(2,3)33-19(29)26-35(30,31)24-8-7-23-14-11-32-10-12(14)18-25-34-16(9-28)27(18)15-6-4-5-13(21)17(15)22/h4-6,10-11,23-24H,7-8H2,1-3H3,(H,26,29). The summed E-state index contributed by atoms with van der Waals surface area (Å²) in [7, 11) is -4.17. The number of furan rings is 1. The van der Waals surface area contributed by atoms with E-state index in [-0.39, 0.29) is 35.0 Å². The summed E-state index contributed by atoms with van der Waals surface area (Å²) in [5, 5.41) is 6.76. The molecule has 0 bridgehead atoms. The Labute approximate surface area is 208 Å². The molecule has 2 aromatic rings. The van der Waals surface area contributed by atoms with Gasteiger partial charge in [-0.05, 0) is 48.8 Å². The number of nitrogens with one attached hydrogen (secondary N) is 3. The van der Waals surface area contributed by atoms with Crippen LogP contribution in [-0.2, 0) is 24.6 Å². The topological polar surface area (TPSA) is 152 Å². The van der Waals surface area contributed by atoms with Gasteiger partial charge in [0.15, 0.2) is 17.6 Å². The van der Waals surface area contributed by atoms with Gasteiger partial charge in [0.2, 0.25) is 0 Å². The molecule has 2 heterocycles. The van der Waals surface area contributed by atoms with Gasteiger partial charge in [0.05, 0.1) is 21.4 Å². The summed E-state index contributed by atoms with van der Waals surface area (Å²) in [5.41, 5.74) is -0.248. The summed E-state index contributed by atoms with van der Waals surface area (Å²) in [6.07, 6.45) is 1.48. The molecule has 1 aromatic carbocycles. The molecule has 0 aliphatic carbocycles. The maximum absolute atomic E-state index is 14.7. The fourth-order valence-corrected chi connectivity index (χ4v) is 3.88. The summed E-state index contributed by atoms with van der Waals surface area (Å²) >= 11 is 3.09. The van der Waals surface area contributed by atoms with Crippen molar-refractivity contribution in [3.63, 3.8) is 0 Å². The predicted molar refractivity (Wildman–Crippen MR) is 127 cm³/mol. The molecule has 0 atom stereocenters. The summed E-state index contributed by atoms with van der Waals surface area (Å²) in [4.78, 5) is 29.2. The Hall–Kier alpha value is -3.39. The second-order valence-electron chi connectivity index (χ2n) is 7.95. The minimum absolute atomic E-state index is 0.0258. The maximum atomic E-state index is 14.7. The second kappa shape index (κ2) is 10.5. The lowest BCUT2D eigenvalue weighted by Gasteiger charge is -2.19. The molecule has 1 aromatic heterocycles. The van der Waals surface area contributed by atoms with Gasteiger partial charge in [-0.25, -0.2) is 23.6 Å². The molecule has 0 fully saturated rings. The molecule has 3 rings (SSSR count). The van der Waals surface area contributed by atoms with Crippen molar-refractivity contribution in [2.75, 3.05) is 23.3 Å². The van der Waals surface area contributed by atoms with Crippen molar-refractivity contribution in [2.45, 2.75) is 26.4 Å². The fraction of sp³-hybridized carbons (Fsp3) is 0.300. The van der Waals surface area contributed by atoms with Gasteiger partial charge >= 0.3 is 22.2 Å². The molecule has 1 aliphatic rings. The number of rotatable bonds is 8. The number of anilines is 2. The zero-order valence-corrected chi connectivity index (χ0v) is 21.1. The first-order chi connectivity index (χ1) is 16.4. The number of ether oxygens (including phenoxy) is 1. The van der Waals surface area contributed by atoms with Gasteiger partial charge in [-0.15, -0.1) is 0 Å². The van der Waals surface area contributed by atoms with Gasteiger partial charge in [-0.1, -0.05) is 11.2 Å². The van der Waals surface area contributed by atoms with Crippen molar-refractivity contribution in [3.8, 4) is 0 Å². The van der Waals surface area contributed by atoms with Crippen LogP contribution in [0.3, 0.4) is 0 Å². The van der Waals surface area contributed by atoms with Gasteiger partial charge in [0.1, 0.15) is 18.1 Å². The monoisotopic (exact) mass is 573 g/mol. The maximum Gasteiger partial charge on any atom is 0.422 e. The highest BCUT2D eigenvalue weighted by atomic mass is 79.9. The van der Waals surface area contributed by atoms with Gasteiger partial charge in [0.25, 0.3) is 0 Å². The average Bonchev–Trinajstić information content (AvgIpc) is 3.37. The number of benzene rings is 1. The number of carbonyl (C=O) groups excluding carboxylic acids is 2. The van der Waals surface area contributed by atoms with Crippen LogP contribution < -0.4 is 19.7 Å². The Kier molecular flexibility index (Phi) is 7.85. The number of hydrogen-bond donors (Lipinski definition) is 3. The lowest BCUT2D eigenvalue weighted by atomic mass is 10.2. The van der Waals surface area contributed by atoms with E-state index in [9.17, 15) is 22.4 Å². The van der Waals surface area contributed by atoms with E-state index in [1.165, 1.54) is 24.7 Å². The Bertz CT molecular complexity index is 1300. The van der Waals surface area contributed by atoms with Crippen LogP contribution in [0.2, 0.25) is 0 Å². The fourth-order valence-electron chi connectivity index (χ4n) is 2.82. The van der Waals surface area contributed by atoms with E-state index in [1.807, 2.05) is 0 Å². The number of halogens is 2. The highest BCUT2D eigenvalue weighted by Crippen LogP contribution is 2.34. The first kappa shape index (κ1) is 26.2. The molecule has 0 saturated carbocycles. The molecule has 0 radical (unpaired) electrons. The van der Waals surface area contributed by atoms with Crippen molar-refractivity contribution in [2.24, 2.45) is 5.16 Å². The summed E-state index contributed by atoms with van der Waals surface area (Å²) in [6, 6.07) is 4.47. The number of amidine groups is 1. The van der Waals surface area contributed by atoms with E-state index in [0.717, 1.165) is 4.90 Å². The van der Waals surface area contributed by atoms with Gasteiger partial charge in [-0.2, -0.15) is 13.1 Å². The zero-order valence-electron chi connectivity index (χ0n) is 18.7. The van der Waals surface area contributed by atoms with Crippen LogP contribution in [0.4, 0.5) is 20.6 Å². The van der Waals surface area contributed by atoms with E-state index in [0.29, 0.717) is 11.3 Å². The SMILES string of the molecule is CC(C)(C)OC(=O)NS(=O)(=O)NCCNc1cocc1C1=NOC(=C=O)N1c1cccc(Br)c1F. The lowest BCUT2D eigenvalue weighted by molar-refractivity contribution is 0.0569. The van der Waals surface area contributed by atoms with E-state index in [4.69, 9.17) is 14.0 Å². The summed E-state index contributed by atoms with van der Waals surface area (Å²) < 4.78 is 52.9. The minimum atomic E-state index is -4.17. The van der Waals surface area contributed by atoms with Crippen LogP contribution in [0.1, 0.15) is 26.3 Å². The first-order valence-corrected chi connectivity index (χ1v) is 12.2. The van der Waals surface area contributed by atoms with E-state index in [2.05, 4.69) is 31.1 Å². The number of carbonyl (C=O) groups is 1. The number of hydrogen-bond acceptors (Lipinski definition) is 10. The van der Waals surface area contributed by atoms with Crippen molar-refractivity contribution in [1.82, 2.24) is 9.44 Å². The van der Waals surface area contributed by atoms with Crippen LogP contribution in [0, 0.1) is 5.82 Å². The van der Waals surface area contributed by atoms with E-state index < -0.39 is 27.7 Å². The molecule has 188 valence electrons. The predicted octanol–water partition coefficient (Wildman–Crippen LogP) is 2.82. The highest BCUT2D eigenvalue weighted by molar-refractivity contribution is 9.10. The van der Waals surface area contributed by atoms with Crippen LogP contribution >= 0.6 is 15.9 Å². The third kappa shape index (κ3) is 6.60. The van der Waals surface area contributed by atoms with Crippen molar-refractivity contribution < 1.29 is 36.4 Å². The molecule has 1 aliphatic heterocycles. The molecule has 0 unspecified atom stereocenters. The third-order valence-corrected chi connectivity index (χ3v) is 5.78. The molecular formula is C20H21BrFN5O7S. The third-order valence-electron chi connectivity index (χ3n) is 4.14.